The zero-order valence-electron chi connectivity index (χ0n) is 18.4. The van der Waals surface area contributed by atoms with E-state index in [0.29, 0.717) is 12.4 Å². The Bertz CT molecular complexity index is 979. The average Bonchev–Trinajstić information content (AvgIpc) is 3.36. The molecule has 1 saturated heterocycles. The van der Waals surface area contributed by atoms with Gasteiger partial charge in [0.2, 0.25) is 0 Å². The summed E-state index contributed by atoms with van der Waals surface area (Å²) in [7, 11) is 0. The molecule has 6 nitrogen and oxygen atoms in total. The topological polar surface area (TPSA) is 64.8 Å². The van der Waals surface area contributed by atoms with Gasteiger partial charge in [-0.05, 0) is 42.3 Å². The number of nitrogens with zero attached hydrogens (tertiary/aromatic N) is 2. The molecule has 1 atom stereocenters. The van der Waals surface area contributed by atoms with Crippen molar-refractivity contribution in [3.63, 3.8) is 0 Å². The van der Waals surface area contributed by atoms with Gasteiger partial charge in [0.15, 0.2) is 5.75 Å². The number of para-hydroxylation sites is 2. The molecule has 1 fully saturated rings. The summed E-state index contributed by atoms with van der Waals surface area (Å²) in [5.41, 5.74) is 1.22. The van der Waals surface area contributed by atoms with Crippen molar-refractivity contribution in [2.75, 3.05) is 26.2 Å². The second-order valence-electron chi connectivity index (χ2n) is 7.91. The lowest BCUT2D eigenvalue weighted by Gasteiger charge is -2.34. The Hall–Kier alpha value is -2.45. The van der Waals surface area contributed by atoms with Gasteiger partial charge in [0.1, 0.15) is 6.10 Å². The summed E-state index contributed by atoms with van der Waals surface area (Å²) < 4.78 is 12.2. The highest BCUT2D eigenvalue weighted by Gasteiger charge is 2.25. The maximum Gasteiger partial charge on any atom is 0.310 e. The molecule has 3 aromatic rings. The predicted molar refractivity (Wildman–Crippen MR) is 134 cm³/mol. The summed E-state index contributed by atoms with van der Waals surface area (Å²) in [5.74, 6) is 0.338. The predicted octanol–water partition coefficient (Wildman–Crippen LogP) is 6.12. The van der Waals surface area contributed by atoms with Gasteiger partial charge in [0.25, 0.3) is 0 Å². The van der Waals surface area contributed by atoms with E-state index in [2.05, 4.69) is 46.7 Å². The van der Waals surface area contributed by atoms with Crippen molar-refractivity contribution in [1.82, 2.24) is 4.90 Å². The monoisotopic (exact) mass is 488 g/mol. The first kappa shape index (κ1) is 25.2. The lowest BCUT2D eigenvalue weighted by atomic mass is 10.0. The molecule has 1 aromatic heterocycles. The molecule has 2 aromatic carbocycles. The molecule has 176 valence electrons. The molecule has 1 aliphatic rings. The maximum absolute atomic E-state index is 11.1. The minimum Gasteiger partial charge on any atom is -0.487 e. The first-order valence-electron chi connectivity index (χ1n) is 11.0. The Morgan fingerprint density at radius 2 is 1.76 bits per heavy atom. The molecule has 0 bridgehead atoms. The molecule has 8 heteroatoms. The van der Waals surface area contributed by atoms with E-state index in [1.807, 2.05) is 6.07 Å². The number of thiophene rings is 1. The van der Waals surface area contributed by atoms with Crippen LogP contribution in [0.15, 0.2) is 72.1 Å². The number of likely N-dealkylation sites (tertiary alicyclic amines) is 1. The zero-order chi connectivity index (χ0) is 22.2. The van der Waals surface area contributed by atoms with Gasteiger partial charge in [-0.15, -0.1) is 23.7 Å². The fourth-order valence-electron chi connectivity index (χ4n) is 4.04. The first-order valence-corrected chi connectivity index (χ1v) is 11.9. The molecular formula is C25H29ClN2O4S. The second-order valence-corrected chi connectivity index (χ2v) is 8.89. The normalized spacial score (nSPS) is 15.5. The number of halogens is 1. The average molecular weight is 489 g/mol. The van der Waals surface area contributed by atoms with Gasteiger partial charge in [0.05, 0.1) is 17.6 Å². The van der Waals surface area contributed by atoms with Crippen molar-refractivity contribution in [3.05, 3.63) is 92.7 Å². The Balaban J connectivity index is 0.00000306. The van der Waals surface area contributed by atoms with Gasteiger partial charge in [-0.25, -0.2) is 0 Å². The highest BCUT2D eigenvalue weighted by Crippen LogP contribution is 2.32. The third-order valence-electron chi connectivity index (χ3n) is 5.71. The number of hydrogen-bond acceptors (Lipinski definition) is 6. The minimum atomic E-state index is -0.404. The van der Waals surface area contributed by atoms with Gasteiger partial charge >= 0.3 is 5.69 Å². The number of benzene rings is 2. The van der Waals surface area contributed by atoms with Crippen LogP contribution in [0.1, 0.15) is 35.8 Å². The Morgan fingerprint density at radius 3 is 2.45 bits per heavy atom. The van der Waals surface area contributed by atoms with Crippen LogP contribution in [0.3, 0.4) is 0 Å². The number of nitro benzene ring substituents is 1. The van der Waals surface area contributed by atoms with Gasteiger partial charge < -0.3 is 14.4 Å². The van der Waals surface area contributed by atoms with Gasteiger partial charge in [-0.2, -0.15) is 0 Å². The Labute approximate surface area is 204 Å². The summed E-state index contributed by atoms with van der Waals surface area (Å²) in [6.07, 6.45) is 3.06. The summed E-state index contributed by atoms with van der Waals surface area (Å²) in [5, 5.41) is 13.2. The number of piperidine rings is 1. The van der Waals surface area contributed by atoms with Crippen LogP contribution in [0.2, 0.25) is 0 Å². The lowest BCUT2D eigenvalue weighted by Crippen LogP contribution is -2.38. The maximum atomic E-state index is 11.1. The van der Waals surface area contributed by atoms with Crippen LogP contribution in [0.25, 0.3) is 0 Å². The van der Waals surface area contributed by atoms with Crippen LogP contribution >= 0.6 is 23.7 Å². The summed E-state index contributed by atoms with van der Waals surface area (Å²) in [6.45, 7) is 3.36. The second kappa shape index (κ2) is 12.7. The molecule has 2 heterocycles. The van der Waals surface area contributed by atoms with E-state index in [4.69, 9.17) is 9.47 Å². The quantitative estimate of drug-likeness (QED) is 0.195. The van der Waals surface area contributed by atoms with Crippen LogP contribution in [0.5, 0.6) is 5.75 Å². The van der Waals surface area contributed by atoms with Gasteiger partial charge in [-0.3, -0.25) is 10.1 Å². The van der Waals surface area contributed by atoms with E-state index >= 15 is 0 Å². The van der Waals surface area contributed by atoms with Crippen molar-refractivity contribution >= 4 is 29.4 Å². The molecule has 0 aliphatic carbocycles. The smallest absolute Gasteiger partial charge is 0.310 e. The van der Waals surface area contributed by atoms with Crippen molar-refractivity contribution in [2.45, 2.75) is 31.5 Å². The van der Waals surface area contributed by atoms with Crippen LogP contribution in [0, 0.1) is 10.1 Å². The number of ether oxygens (including phenoxy) is 2. The van der Waals surface area contributed by atoms with Crippen molar-refractivity contribution in [3.8, 4) is 5.75 Å². The number of rotatable bonds is 10. The van der Waals surface area contributed by atoms with E-state index in [-0.39, 0.29) is 30.3 Å². The van der Waals surface area contributed by atoms with E-state index in [9.17, 15) is 10.1 Å². The van der Waals surface area contributed by atoms with Crippen molar-refractivity contribution < 1.29 is 14.4 Å². The number of hydrogen-bond donors (Lipinski definition) is 0. The zero-order valence-corrected chi connectivity index (χ0v) is 20.0. The highest BCUT2D eigenvalue weighted by atomic mass is 35.5. The van der Waals surface area contributed by atoms with Crippen LogP contribution < -0.4 is 4.74 Å². The third-order valence-corrected chi connectivity index (χ3v) is 6.62. The summed E-state index contributed by atoms with van der Waals surface area (Å²) >= 11 is 1.74. The van der Waals surface area contributed by atoms with Crippen LogP contribution in [-0.2, 0) is 4.74 Å². The molecule has 0 N–H and O–H groups in total. The van der Waals surface area contributed by atoms with Crippen LogP contribution in [0.4, 0.5) is 5.69 Å². The molecule has 0 spiro atoms. The highest BCUT2D eigenvalue weighted by molar-refractivity contribution is 7.10. The van der Waals surface area contributed by atoms with Crippen molar-refractivity contribution in [2.24, 2.45) is 0 Å². The van der Waals surface area contributed by atoms with Crippen molar-refractivity contribution in [1.29, 1.82) is 0 Å². The molecule has 1 unspecified atom stereocenters. The third kappa shape index (κ3) is 7.01. The van der Waals surface area contributed by atoms with E-state index < -0.39 is 4.92 Å². The summed E-state index contributed by atoms with van der Waals surface area (Å²) in [4.78, 5) is 14.3. The number of nitro groups is 1. The molecule has 0 amide bonds. The molecule has 4 rings (SSSR count). The minimum absolute atomic E-state index is 0. The fraction of sp³-hybridized carbons (Fsp3) is 0.360. The molecular weight excluding hydrogens is 460 g/mol. The van der Waals surface area contributed by atoms with Crippen LogP contribution in [-0.4, -0.2) is 42.2 Å². The van der Waals surface area contributed by atoms with E-state index in [0.717, 1.165) is 38.9 Å². The molecule has 33 heavy (non-hydrogen) atoms. The SMILES string of the molecule is Cl.O=[N+]([O-])c1ccccc1OCCCN1CCC(OC(c2ccccc2)c2cccs2)CC1. The summed E-state index contributed by atoms with van der Waals surface area (Å²) in [6, 6.07) is 21.2. The van der Waals surface area contributed by atoms with Gasteiger partial charge in [-0.1, -0.05) is 48.5 Å². The standard InChI is InChI=1S/C25H28N2O4S.ClH/c28-27(29)22-10-4-5-11-23(22)30-18-7-15-26-16-13-21(14-17-26)31-25(24-12-6-19-32-24)20-8-2-1-3-9-20;/h1-6,8-12,19,21,25H,7,13-18H2;1H. The Kier molecular flexibility index (Phi) is 9.69. The molecule has 0 radical (unpaired) electrons. The van der Waals surface area contributed by atoms with E-state index in [1.54, 1.807) is 29.5 Å². The molecule has 0 saturated carbocycles. The lowest BCUT2D eigenvalue weighted by molar-refractivity contribution is -0.385. The largest absolute Gasteiger partial charge is 0.487 e. The first-order chi connectivity index (χ1) is 15.7. The fourth-order valence-corrected chi connectivity index (χ4v) is 4.83. The van der Waals surface area contributed by atoms with E-state index in [1.165, 1.54) is 16.5 Å². The molecule has 1 aliphatic heterocycles. The van der Waals surface area contributed by atoms with Gasteiger partial charge in [0, 0.05) is 30.6 Å². The Morgan fingerprint density at radius 1 is 1.03 bits per heavy atom.